The lowest BCUT2D eigenvalue weighted by molar-refractivity contribution is 0.0839. The second-order valence-corrected chi connectivity index (χ2v) is 6.63. The van der Waals surface area contributed by atoms with Gasteiger partial charge < -0.3 is 4.74 Å². The zero-order valence-electron chi connectivity index (χ0n) is 6.01. The van der Waals surface area contributed by atoms with E-state index < -0.39 is 10.1 Å². The molecule has 0 aromatic heterocycles. The van der Waals surface area contributed by atoms with Gasteiger partial charge in [0.1, 0.15) is 17.5 Å². The first-order valence-corrected chi connectivity index (χ1v) is 6.53. The minimum Gasteiger partial charge on any atom is -0.369 e. The summed E-state index contributed by atoms with van der Waals surface area (Å²) in [7, 11) is -3.29. The van der Waals surface area contributed by atoms with Crippen molar-refractivity contribution >= 4 is 32.7 Å². The van der Waals surface area contributed by atoms with E-state index in [0.717, 1.165) is 0 Å². The first-order chi connectivity index (χ1) is 5.59. The molecule has 3 aliphatic heterocycles. The van der Waals surface area contributed by atoms with Crippen LogP contribution in [0.4, 0.5) is 0 Å². The Balaban J connectivity index is 2.11. The van der Waals surface area contributed by atoms with Gasteiger partial charge in [-0.1, -0.05) is 22.6 Å². The Hall–Kier alpha value is 0.600. The van der Waals surface area contributed by atoms with Crippen molar-refractivity contribution in [2.75, 3.05) is 0 Å². The first kappa shape index (κ1) is 7.95. The average molecular weight is 302 g/mol. The van der Waals surface area contributed by atoms with E-state index in [1.165, 1.54) is 0 Å². The van der Waals surface area contributed by atoms with E-state index in [2.05, 4.69) is 22.6 Å². The SMILES string of the molecule is O=S1(=O)O[C@H]2C(I)C3CC1C2O3. The predicted molar refractivity (Wildman–Crippen MR) is 48.7 cm³/mol. The third-order valence-corrected chi connectivity index (χ3v) is 5.98. The second kappa shape index (κ2) is 2.15. The molecule has 0 aromatic carbocycles. The topological polar surface area (TPSA) is 52.6 Å². The van der Waals surface area contributed by atoms with Gasteiger partial charge in [0.05, 0.1) is 10.0 Å². The molecule has 0 aromatic rings. The predicted octanol–water partition coefficient (Wildman–Crippen LogP) is 0.0583. The highest BCUT2D eigenvalue weighted by atomic mass is 127. The van der Waals surface area contributed by atoms with Gasteiger partial charge in [-0.3, -0.25) is 4.18 Å². The van der Waals surface area contributed by atoms with Crippen LogP contribution in [0, 0.1) is 0 Å². The van der Waals surface area contributed by atoms with E-state index in [1.807, 2.05) is 0 Å². The van der Waals surface area contributed by atoms with E-state index in [4.69, 9.17) is 8.92 Å². The second-order valence-electron chi connectivity index (χ2n) is 3.41. The summed E-state index contributed by atoms with van der Waals surface area (Å²) in [5.74, 6) is 0. The van der Waals surface area contributed by atoms with Crippen molar-refractivity contribution in [3.63, 3.8) is 0 Å². The van der Waals surface area contributed by atoms with Crippen LogP contribution in [0.1, 0.15) is 6.42 Å². The van der Waals surface area contributed by atoms with Crippen LogP contribution in [0.2, 0.25) is 0 Å². The lowest BCUT2D eigenvalue weighted by Gasteiger charge is -2.14. The van der Waals surface area contributed by atoms with Gasteiger partial charge in [0, 0.05) is 0 Å². The summed E-state index contributed by atoms with van der Waals surface area (Å²) in [6.45, 7) is 0. The standard InChI is InChI=1S/C6H7IO4S/c7-4-2-1-3-5(10-2)6(4)11-12(3,8)9/h2-6H,1H2/t2?,3?,4?,5?,6-/m0/s1. The molecule has 0 saturated carbocycles. The minimum absolute atomic E-state index is 0.0999. The van der Waals surface area contributed by atoms with Crippen LogP contribution in [-0.2, 0) is 19.0 Å². The molecular formula is C6H7IO4S. The summed E-state index contributed by atoms with van der Waals surface area (Å²) < 4.78 is 33.3. The molecule has 0 N–H and O–H groups in total. The summed E-state index contributed by atoms with van der Waals surface area (Å²) in [5, 5.41) is -0.376. The van der Waals surface area contributed by atoms with Crippen molar-refractivity contribution < 1.29 is 17.3 Å². The molecule has 3 heterocycles. The molecule has 6 heteroatoms. The van der Waals surface area contributed by atoms with Crippen LogP contribution < -0.4 is 0 Å². The van der Waals surface area contributed by atoms with Crippen LogP contribution in [0.3, 0.4) is 0 Å². The average Bonchev–Trinajstić information content (AvgIpc) is 2.54. The van der Waals surface area contributed by atoms with E-state index in [-0.39, 0.29) is 27.5 Å². The molecule has 0 spiro atoms. The van der Waals surface area contributed by atoms with Crippen LogP contribution in [0.25, 0.3) is 0 Å². The van der Waals surface area contributed by atoms with Crippen molar-refractivity contribution in [3.8, 4) is 0 Å². The van der Waals surface area contributed by atoms with Gasteiger partial charge in [0.25, 0.3) is 10.1 Å². The van der Waals surface area contributed by atoms with Gasteiger partial charge in [-0.15, -0.1) is 0 Å². The molecule has 0 radical (unpaired) electrons. The van der Waals surface area contributed by atoms with Crippen molar-refractivity contribution in [1.29, 1.82) is 0 Å². The normalized spacial score (nSPS) is 59.6. The van der Waals surface area contributed by atoms with E-state index in [9.17, 15) is 8.42 Å². The first-order valence-electron chi connectivity index (χ1n) is 3.81. The molecule has 5 atom stereocenters. The van der Waals surface area contributed by atoms with Gasteiger partial charge in [-0.25, -0.2) is 0 Å². The maximum absolute atomic E-state index is 11.3. The molecule has 68 valence electrons. The van der Waals surface area contributed by atoms with E-state index >= 15 is 0 Å². The van der Waals surface area contributed by atoms with Crippen LogP contribution >= 0.6 is 22.6 Å². The Bertz CT molecular complexity index is 326. The van der Waals surface area contributed by atoms with Crippen LogP contribution in [0.5, 0.6) is 0 Å². The van der Waals surface area contributed by atoms with Crippen LogP contribution in [0.15, 0.2) is 0 Å². The highest BCUT2D eigenvalue weighted by molar-refractivity contribution is 14.1. The molecule has 3 saturated heterocycles. The summed E-state index contributed by atoms with van der Waals surface area (Å²) in [4.78, 5) is 0. The van der Waals surface area contributed by atoms with Crippen molar-refractivity contribution in [3.05, 3.63) is 0 Å². The molecule has 3 aliphatic rings. The Morgan fingerprint density at radius 3 is 2.67 bits per heavy atom. The molecule has 4 nitrogen and oxygen atoms in total. The molecule has 0 aliphatic carbocycles. The number of alkyl halides is 1. The third kappa shape index (κ3) is 0.771. The molecule has 12 heavy (non-hydrogen) atoms. The highest BCUT2D eigenvalue weighted by Crippen LogP contribution is 2.49. The highest BCUT2D eigenvalue weighted by Gasteiger charge is 2.64. The summed E-state index contributed by atoms with van der Waals surface area (Å²) in [6, 6.07) is 0. The Labute approximate surface area is 83.9 Å². The lowest BCUT2D eigenvalue weighted by atomic mass is 9.98. The number of ether oxygens (including phenoxy) is 1. The summed E-state index contributed by atoms with van der Waals surface area (Å²) in [6.07, 6.45) is 0.334. The Morgan fingerprint density at radius 2 is 2.08 bits per heavy atom. The van der Waals surface area contributed by atoms with Gasteiger partial charge >= 0.3 is 0 Å². The molecule has 3 rings (SSSR count). The lowest BCUT2D eigenvalue weighted by Crippen LogP contribution is -2.34. The van der Waals surface area contributed by atoms with Crippen molar-refractivity contribution in [2.24, 2.45) is 0 Å². The number of halogens is 1. The van der Waals surface area contributed by atoms with Crippen LogP contribution in [-0.4, -0.2) is 35.9 Å². The molecular weight excluding hydrogens is 295 g/mol. The molecule has 2 bridgehead atoms. The minimum atomic E-state index is -3.29. The maximum atomic E-state index is 11.3. The fourth-order valence-electron chi connectivity index (χ4n) is 2.21. The number of fused-ring (bicyclic) bond motifs is 1. The van der Waals surface area contributed by atoms with Crippen molar-refractivity contribution in [2.45, 2.75) is 33.9 Å². The number of hydrogen-bond donors (Lipinski definition) is 0. The molecule has 0 amide bonds. The summed E-state index contributed by atoms with van der Waals surface area (Å²) >= 11 is 2.22. The monoisotopic (exact) mass is 302 g/mol. The fourth-order valence-corrected chi connectivity index (χ4v) is 5.08. The third-order valence-electron chi connectivity index (χ3n) is 2.77. The van der Waals surface area contributed by atoms with Gasteiger partial charge in [0.2, 0.25) is 0 Å². The van der Waals surface area contributed by atoms with Gasteiger partial charge in [0.15, 0.2) is 0 Å². The van der Waals surface area contributed by atoms with Crippen molar-refractivity contribution in [1.82, 2.24) is 0 Å². The zero-order chi connectivity index (χ0) is 8.51. The van der Waals surface area contributed by atoms with Gasteiger partial charge in [-0.05, 0) is 6.42 Å². The van der Waals surface area contributed by atoms with E-state index in [1.54, 1.807) is 0 Å². The Kier molecular flexibility index (Phi) is 1.43. The summed E-state index contributed by atoms with van der Waals surface area (Å²) in [5.41, 5.74) is 0. The zero-order valence-corrected chi connectivity index (χ0v) is 8.99. The molecule has 4 unspecified atom stereocenters. The smallest absolute Gasteiger partial charge is 0.273 e. The maximum Gasteiger partial charge on any atom is 0.273 e. The Morgan fingerprint density at radius 1 is 1.33 bits per heavy atom. The quantitative estimate of drug-likeness (QED) is 0.361. The number of rotatable bonds is 0. The van der Waals surface area contributed by atoms with Gasteiger partial charge in [-0.2, -0.15) is 8.42 Å². The van der Waals surface area contributed by atoms with E-state index in [0.29, 0.717) is 6.42 Å². The fraction of sp³-hybridized carbons (Fsp3) is 1.00. The number of hydrogen-bond acceptors (Lipinski definition) is 4. The molecule has 3 fully saturated rings. The largest absolute Gasteiger partial charge is 0.369 e.